The van der Waals surface area contributed by atoms with E-state index in [4.69, 9.17) is 9.47 Å². The summed E-state index contributed by atoms with van der Waals surface area (Å²) in [5.74, 6) is -0.200. The van der Waals surface area contributed by atoms with Crippen LogP contribution in [0.3, 0.4) is 0 Å². The maximum Gasteiger partial charge on any atom is 0.330 e. The van der Waals surface area contributed by atoms with E-state index in [-0.39, 0.29) is 5.91 Å². The van der Waals surface area contributed by atoms with Gasteiger partial charge in [0, 0.05) is 11.4 Å². The van der Waals surface area contributed by atoms with Gasteiger partial charge in [-0.3, -0.25) is 9.59 Å². The summed E-state index contributed by atoms with van der Waals surface area (Å²) in [4.78, 5) is 35.6. The first-order chi connectivity index (χ1) is 11.3. The lowest BCUT2D eigenvalue weighted by molar-refractivity contribution is -0.150. The Kier molecular flexibility index (Phi) is 5.71. The third-order valence-corrected chi connectivity index (χ3v) is 4.87. The van der Waals surface area contributed by atoms with E-state index in [2.05, 4.69) is 10.6 Å². The lowest BCUT2D eigenvalue weighted by Crippen LogP contribution is -2.55. The number of carbonyl (C=O) groups excluding carboxylic acids is 3. The Labute approximate surface area is 144 Å². The lowest BCUT2D eigenvalue weighted by Gasteiger charge is -2.32. The molecule has 1 aliphatic heterocycles. The first-order valence-corrected chi connectivity index (χ1v) is 8.36. The minimum atomic E-state index is -0.732. The molecule has 8 heteroatoms. The number of hydrogen-bond donors (Lipinski definition) is 2. The Hall–Kier alpha value is -2.22. The van der Waals surface area contributed by atoms with Crippen LogP contribution in [0.25, 0.3) is 0 Å². The molecule has 0 bridgehead atoms. The van der Waals surface area contributed by atoms with Crippen LogP contribution in [-0.4, -0.2) is 48.0 Å². The zero-order valence-electron chi connectivity index (χ0n) is 13.8. The molecular weight excluding hydrogens is 332 g/mol. The van der Waals surface area contributed by atoms with Gasteiger partial charge in [0.05, 0.1) is 11.9 Å². The standard InChI is InChI=1S/C16H20N2O5S/c1-16(2)15(21)18-12(9-24-16)14(20)23-8-13(19)17-10-4-6-11(22-3)7-5-10/h4-7,12H,8-9H2,1-3H3,(H,17,19)(H,18,21)/t12-/m1/s1. The summed E-state index contributed by atoms with van der Waals surface area (Å²) in [7, 11) is 1.55. The molecule has 1 fully saturated rings. The monoisotopic (exact) mass is 352 g/mol. The molecule has 24 heavy (non-hydrogen) atoms. The second-order valence-corrected chi connectivity index (χ2v) is 7.37. The highest BCUT2D eigenvalue weighted by atomic mass is 32.2. The van der Waals surface area contributed by atoms with Gasteiger partial charge in [0.2, 0.25) is 5.91 Å². The van der Waals surface area contributed by atoms with E-state index in [0.717, 1.165) is 0 Å². The van der Waals surface area contributed by atoms with Crippen LogP contribution in [-0.2, 0) is 19.1 Å². The molecule has 0 unspecified atom stereocenters. The van der Waals surface area contributed by atoms with E-state index < -0.39 is 29.3 Å². The zero-order valence-corrected chi connectivity index (χ0v) is 14.6. The van der Waals surface area contributed by atoms with Crippen LogP contribution < -0.4 is 15.4 Å². The Morgan fingerprint density at radius 1 is 1.33 bits per heavy atom. The molecule has 1 atom stereocenters. The summed E-state index contributed by atoms with van der Waals surface area (Å²) >= 11 is 1.38. The second-order valence-electron chi connectivity index (χ2n) is 5.73. The van der Waals surface area contributed by atoms with Gasteiger partial charge in [-0.15, -0.1) is 11.8 Å². The first kappa shape index (κ1) is 18.1. The van der Waals surface area contributed by atoms with E-state index in [0.29, 0.717) is 17.2 Å². The minimum Gasteiger partial charge on any atom is -0.497 e. The Balaban J connectivity index is 1.79. The average Bonchev–Trinajstić information content (AvgIpc) is 2.56. The normalized spacial score (nSPS) is 19.1. The minimum absolute atomic E-state index is 0.219. The van der Waals surface area contributed by atoms with Crippen LogP contribution in [0.2, 0.25) is 0 Å². The number of carbonyl (C=O) groups is 3. The molecule has 2 rings (SSSR count). The van der Waals surface area contributed by atoms with Crippen molar-refractivity contribution in [2.45, 2.75) is 24.6 Å². The fourth-order valence-electron chi connectivity index (χ4n) is 1.97. The summed E-state index contributed by atoms with van der Waals surface area (Å²) in [6.45, 7) is 3.17. The maximum atomic E-state index is 11.9. The summed E-state index contributed by atoms with van der Waals surface area (Å²) in [5.41, 5.74) is 0.570. The van der Waals surface area contributed by atoms with E-state index in [1.54, 1.807) is 45.2 Å². The van der Waals surface area contributed by atoms with Crippen molar-refractivity contribution in [3.63, 3.8) is 0 Å². The number of nitrogens with one attached hydrogen (secondary N) is 2. The number of esters is 1. The van der Waals surface area contributed by atoms with Gasteiger partial charge < -0.3 is 20.1 Å². The fraction of sp³-hybridized carbons (Fsp3) is 0.438. The van der Waals surface area contributed by atoms with Crippen molar-refractivity contribution >= 4 is 35.2 Å². The molecule has 1 aromatic carbocycles. The van der Waals surface area contributed by atoms with Crippen molar-refractivity contribution in [3.05, 3.63) is 24.3 Å². The van der Waals surface area contributed by atoms with Crippen molar-refractivity contribution in [3.8, 4) is 5.75 Å². The fourth-order valence-corrected chi connectivity index (χ4v) is 2.96. The van der Waals surface area contributed by atoms with Gasteiger partial charge in [-0.2, -0.15) is 0 Å². The summed E-state index contributed by atoms with van der Waals surface area (Å²) < 4.78 is 9.43. The number of amides is 2. The molecule has 0 spiro atoms. The van der Waals surface area contributed by atoms with Crippen LogP contribution >= 0.6 is 11.8 Å². The predicted octanol–water partition coefficient (Wildman–Crippen LogP) is 1.19. The molecule has 1 aromatic rings. The number of benzene rings is 1. The molecule has 1 aliphatic rings. The third-order valence-electron chi connectivity index (χ3n) is 3.47. The van der Waals surface area contributed by atoms with Crippen LogP contribution in [0.5, 0.6) is 5.75 Å². The SMILES string of the molecule is COc1ccc(NC(=O)COC(=O)[C@H]2CSC(C)(C)C(=O)N2)cc1. The number of methoxy groups -OCH3 is 1. The Bertz CT molecular complexity index is 630. The lowest BCUT2D eigenvalue weighted by atomic mass is 10.1. The molecule has 2 N–H and O–H groups in total. The Morgan fingerprint density at radius 3 is 2.58 bits per heavy atom. The largest absolute Gasteiger partial charge is 0.497 e. The highest BCUT2D eigenvalue weighted by Gasteiger charge is 2.38. The van der Waals surface area contributed by atoms with Gasteiger partial charge in [-0.1, -0.05) is 0 Å². The number of rotatable bonds is 5. The number of hydrogen-bond acceptors (Lipinski definition) is 6. The molecule has 0 radical (unpaired) electrons. The molecule has 130 valence electrons. The number of anilines is 1. The van der Waals surface area contributed by atoms with Crippen LogP contribution in [0, 0.1) is 0 Å². The number of ether oxygens (including phenoxy) is 2. The van der Waals surface area contributed by atoms with Gasteiger partial charge >= 0.3 is 5.97 Å². The highest BCUT2D eigenvalue weighted by molar-refractivity contribution is 8.01. The van der Waals surface area contributed by atoms with Crippen molar-refractivity contribution in [1.29, 1.82) is 0 Å². The van der Waals surface area contributed by atoms with Crippen LogP contribution in [0.1, 0.15) is 13.8 Å². The average molecular weight is 352 g/mol. The second kappa shape index (κ2) is 7.57. The first-order valence-electron chi connectivity index (χ1n) is 7.37. The third kappa shape index (κ3) is 4.64. The smallest absolute Gasteiger partial charge is 0.330 e. The van der Waals surface area contributed by atoms with Crippen LogP contribution in [0.4, 0.5) is 5.69 Å². The van der Waals surface area contributed by atoms with E-state index >= 15 is 0 Å². The number of thioether (sulfide) groups is 1. The zero-order chi connectivity index (χ0) is 17.7. The molecule has 0 aromatic heterocycles. The molecule has 1 saturated heterocycles. The summed E-state index contributed by atoms with van der Waals surface area (Å²) in [5, 5.41) is 5.22. The molecule has 0 aliphatic carbocycles. The molecule has 1 heterocycles. The Morgan fingerprint density at radius 2 is 2.00 bits per heavy atom. The molecule has 0 saturated carbocycles. The molecular formula is C16H20N2O5S. The van der Waals surface area contributed by atoms with Gasteiger partial charge in [0.1, 0.15) is 11.8 Å². The van der Waals surface area contributed by atoms with E-state index in [9.17, 15) is 14.4 Å². The van der Waals surface area contributed by atoms with Crippen molar-refractivity contribution < 1.29 is 23.9 Å². The van der Waals surface area contributed by atoms with Gasteiger partial charge in [0.15, 0.2) is 6.61 Å². The molecule has 2 amide bonds. The predicted molar refractivity (Wildman–Crippen MR) is 91.1 cm³/mol. The summed E-state index contributed by atoms with van der Waals surface area (Å²) in [6, 6.07) is 6.04. The summed E-state index contributed by atoms with van der Waals surface area (Å²) in [6.07, 6.45) is 0. The van der Waals surface area contributed by atoms with Crippen LogP contribution in [0.15, 0.2) is 24.3 Å². The molecule has 7 nitrogen and oxygen atoms in total. The van der Waals surface area contributed by atoms with Crippen molar-refractivity contribution in [2.24, 2.45) is 0 Å². The van der Waals surface area contributed by atoms with E-state index in [1.165, 1.54) is 11.8 Å². The van der Waals surface area contributed by atoms with Gasteiger partial charge in [-0.05, 0) is 38.1 Å². The van der Waals surface area contributed by atoms with Gasteiger partial charge in [0.25, 0.3) is 5.91 Å². The maximum absolute atomic E-state index is 11.9. The van der Waals surface area contributed by atoms with Gasteiger partial charge in [-0.25, -0.2) is 4.79 Å². The van der Waals surface area contributed by atoms with Crippen molar-refractivity contribution in [1.82, 2.24) is 5.32 Å². The quantitative estimate of drug-likeness (QED) is 0.773. The topological polar surface area (TPSA) is 93.7 Å². The van der Waals surface area contributed by atoms with E-state index in [1.807, 2.05) is 0 Å². The van der Waals surface area contributed by atoms with Crippen molar-refractivity contribution in [2.75, 3.05) is 24.8 Å². The highest BCUT2D eigenvalue weighted by Crippen LogP contribution is 2.29.